The second-order valence-corrected chi connectivity index (χ2v) is 3.62. The molecule has 0 saturated heterocycles. The van der Waals surface area contributed by atoms with Gasteiger partial charge in [-0.25, -0.2) is 4.98 Å². The molecule has 0 bridgehead atoms. The van der Waals surface area contributed by atoms with Crippen molar-refractivity contribution in [3.05, 3.63) is 48.2 Å². The molecule has 0 fully saturated rings. The summed E-state index contributed by atoms with van der Waals surface area (Å²) in [6.07, 6.45) is -3.40. The molecule has 1 heterocycles. The molecule has 1 aromatic carbocycles. The summed E-state index contributed by atoms with van der Waals surface area (Å²) in [4.78, 5) is 3.87. The number of rotatable bonds is 3. The van der Waals surface area contributed by atoms with Crippen molar-refractivity contribution in [1.82, 2.24) is 4.98 Å². The lowest BCUT2D eigenvalue weighted by Crippen LogP contribution is -2.16. The predicted molar refractivity (Wildman–Crippen MR) is 62.2 cm³/mol. The fourth-order valence-electron chi connectivity index (χ4n) is 1.34. The molecule has 0 radical (unpaired) electrons. The highest BCUT2D eigenvalue weighted by Gasteiger charge is 2.30. The van der Waals surface area contributed by atoms with Crippen LogP contribution in [0, 0.1) is 11.3 Å². The summed E-state index contributed by atoms with van der Waals surface area (Å²) in [5.41, 5.74) is 0.381. The minimum Gasteiger partial charge on any atom is -0.439 e. The lowest BCUT2D eigenvalue weighted by Gasteiger charge is -2.09. The summed E-state index contributed by atoms with van der Waals surface area (Å²) in [6.45, 7) is 0. The monoisotopic (exact) mass is 280 g/mol. The van der Waals surface area contributed by atoms with E-state index >= 15 is 0 Å². The average Bonchev–Trinajstić information content (AvgIpc) is 2.40. The van der Waals surface area contributed by atoms with Gasteiger partial charge in [0.1, 0.15) is 17.6 Å². The summed E-state index contributed by atoms with van der Waals surface area (Å²) in [5, 5.41) is 8.61. The number of benzene rings is 1. The quantitative estimate of drug-likeness (QED) is 0.861. The van der Waals surface area contributed by atoms with Gasteiger partial charge in [-0.15, -0.1) is 13.2 Å². The molecule has 2 aromatic rings. The Kier molecular flexibility index (Phi) is 3.75. The number of nitriles is 1. The van der Waals surface area contributed by atoms with Gasteiger partial charge >= 0.3 is 6.36 Å². The second-order valence-electron chi connectivity index (χ2n) is 3.62. The molecular formula is C13H7F3N2O2. The Morgan fingerprint density at radius 2 is 1.65 bits per heavy atom. The zero-order valence-electron chi connectivity index (χ0n) is 9.89. The molecule has 4 nitrogen and oxygen atoms in total. The highest BCUT2D eigenvalue weighted by molar-refractivity contribution is 5.35. The fraction of sp³-hybridized carbons (Fsp3) is 0.0769. The van der Waals surface area contributed by atoms with Crippen LogP contribution in [-0.2, 0) is 0 Å². The highest BCUT2D eigenvalue weighted by Crippen LogP contribution is 2.26. The molecular weight excluding hydrogens is 273 g/mol. The molecule has 2 rings (SSSR count). The van der Waals surface area contributed by atoms with Crippen LogP contribution in [0.25, 0.3) is 0 Å². The van der Waals surface area contributed by atoms with Gasteiger partial charge < -0.3 is 9.47 Å². The van der Waals surface area contributed by atoms with Crippen LogP contribution in [-0.4, -0.2) is 11.3 Å². The predicted octanol–water partition coefficient (Wildman–Crippen LogP) is 3.64. The van der Waals surface area contributed by atoms with Crippen molar-refractivity contribution in [2.45, 2.75) is 6.36 Å². The highest BCUT2D eigenvalue weighted by atomic mass is 19.4. The lowest BCUT2D eigenvalue weighted by atomic mass is 10.3. The van der Waals surface area contributed by atoms with Crippen LogP contribution in [0.3, 0.4) is 0 Å². The van der Waals surface area contributed by atoms with Crippen LogP contribution < -0.4 is 9.47 Å². The number of halogens is 3. The van der Waals surface area contributed by atoms with Crippen molar-refractivity contribution >= 4 is 0 Å². The Bertz CT molecular complexity index is 616. The normalized spacial score (nSPS) is 10.7. The van der Waals surface area contributed by atoms with Crippen molar-refractivity contribution < 1.29 is 22.6 Å². The van der Waals surface area contributed by atoms with Crippen LogP contribution in [0.5, 0.6) is 17.4 Å². The van der Waals surface area contributed by atoms with Crippen molar-refractivity contribution in [2.24, 2.45) is 0 Å². The van der Waals surface area contributed by atoms with Gasteiger partial charge in [-0.1, -0.05) is 0 Å². The van der Waals surface area contributed by atoms with E-state index in [1.165, 1.54) is 30.5 Å². The van der Waals surface area contributed by atoms with Gasteiger partial charge in [-0.3, -0.25) is 0 Å². The first-order chi connectivity index (χ1) is 9.46. The number of ether oxygens (including phenoxy) is 2. The number of nitrogens with zero attached hydrogens (tertiary/aromatic N) is 2. The SMILES string of the molecule is N#Cc1ccc(Oc2ccc(OC(F)(F)F)cc2)nc1. The Labute approximate surface area is 112 Å². The molecule has 0 N–H and O–H groups in total. The molecule has 20 heavy (non-hydrogen) atoms. The van der Waals surface area contributed by atoms with E-state index in [0.717, 1.165) is 12.1 Å². The first-order valence-electron chi connectivity index (χ1n) is 5.36. The largest absolute Gasteiger partial charge is 0.573 e. The Morgan fingerprint density at radius 3 is 2.15 bits per heavy atom. The molecule has 0 atom stereocenters. The van der Waals surface area contributed by atoms with Gasteiger partial charge in [-0.2, -0.15) is 5.26 Å². The van der Waals surface area contributed by atoms with Gasteiger partial charge in [0.05, 0.1) is 5.56 Å². The molecule has 0 aliphatic rings. The Hall–Kier alpha value is -2.75. The number of aromatic nitrogens is 1. The van der Waals surface area contributed by atoms with Crippen LogP contribution in [0.15, 0.2) is 42.6 Å². The standard InChI is InChI=1S/C13H7F3N2O2/c14-13(15,16)20-11-4-2-10(3-5-11)19-12-6-1-9(7-17)8-18-12/h1-6,8H. The topological polar surface area (TPSA) is 55.1 Å². The van der Waals surface area contributed by atoms with E-state index in [2.05, 4.69) is 9.72 Å². The number of alkyl halides is 3. The van der Waals surface area contributed by atoms with E-state index in [1.54, 1.807) is 0 Å². The van der Waals surface area contributed by atoms with Gasteiger partial charge in [0.15, 0.2) is 0 Å². The first kappa shape index (κ1) is 13.7. The third kappa shape index (κ3) is 3.88. The summed E-state index contributed by atoms with van der Waals surface area (Å²) in [6, 6.07) is 9.81. The third-order valence-electron chi connectivity index (χ3n) is 2.15. The van der Waals surface area contributed by atoms with Crippen molar-refractivity contribution in [3.8, 4) is 23.4 Å². The van der Waals surface area contributed by atoms with E-state index in [0.29, 0.717) is 11.3 Å². The van der Waals surface area contributed by atoms with Crippen LogP contribution in [0.2, 0.25) is 0 Å². The maximum Gasteiger partial charge on any atom is 0.573 e. The molecule has 102 valence electrons. The minimum absolute atomic E-state index is 0.230. The molecule has 0 saturated carbocycles. The third-order valence-corrected chi connectivity index (χ3v) is 2.15. The van der Waals surface area contributed by atoms with E-state index < -0.39 is 6.36 Å². The summed E-state index contributed by atoms with van der Waals surface area (Å²) < 4.78 is 44.9. The number of hydrogen-bond acceptors (Lipinski definition) is 4. The van der Waals surface area contributed by atoms with E-state index in [9.17, 15) is 13.2 Å². The van der Waals surface area contributed by atoms with Gasteiger partial charge in [0, 0.05) is 12.3 Å². The number of pyridine rings is 1. The lowest BCUT2D eigenvalue weighted by molar-refractivity contribution is -0.274. The van der Waals surface area contributed by atoms with E-state index in [4.69, 9.17) is 10.00 Å². The van der Waals surface area contributed by atoms with Crippen molar-refractivity contribution in [3.63, 3.8) is 0 Å². The Morgan fingerprint density at radius 1 is 1.00 bits per heavy atom. The molecule has 7 heteroatoms. The second kappa shape index (κ2) is 5.48. The minimum atomic E-state index is -4.73. The van der Waals surface area contributed by atoms with Crippen molar-refractivity contribution in [2.75, 3.05) is 0 Å². The maximum atomic E-state index is 12.0. The van der Waals surface area contributed by atoms with Gasteiger partial charge in [0.2, 0.25) is 5.88 Å². The van der Waals surface area contributed by atoms with Gasteiger partial charge in [0.25, 0.3) is 0 Å². The van der Waals surface area contributed by atoms with Crippen molar-refractivity contribution in [1.29, 1.82) is 5.26 Å². The van der Waals surface area contributed by atoms with Crippen LogP contribution in [0.1, 0.15) is 5.56 Å². The maximum absolute atomic E-state index is 12.0. The summed E-state index contributed by atoms with van der Waals surface area (Å²) in [7, 11) is 0. The van der Waals surface area contributed by atoms with E-state index in [-0.39, 0.29) is 11.6 Å². The average molecular weight is 280 g/mol. The zero-order chi connectivity index (χ0) is 14.6. The fourth-order valence-corrected chi connectivity index (χ4v) is 1.34. The summed E-state index contributed by atoms with van der Waals surface area (Å²) in [5.74, 6) is 0.197. The summed E-state index contributed by atoms with van der Waals surface area (Å²) >= 11 is 0. The molecule has 0 aliphatic heterocycles. The molecule has 0 amide bonds. The van der Waals surface area contributed by atoms with Crippen LogP contribution in [0.4, 0.5) is 13.2 Å². The molecule has 0 aliphatic carbocycles. The molecule has 1 aromatic heterocycles. The molecule has 0 unspecified atom stereocenters. The molecule has 0 spiro atoms. The first-order valence-corrected chi connectivity index (χ1v) is 5.36. The van der Waals surface area contributed by atoms with E-state index in [1.807, 2.05) is 6.07 Å². The van der Waals surface area contributed by atoms with Gasteiger partial charge in [-0.05, 0) is 30.3 Å². The zero-order valence-corrected chi connectivity index (χ0v) is 9.89. The number of hydrogen-bond donors (Lipinski definition) is 0. The smallest absolute Gasteiger partial charge is 0.439 e. The van der Waals surface area contributed by atoms with Crippen LogP contribution >= 0.6 is 0 Å². The Balaban J connectivity index is 2.05.